The van der Waals surface area contributed by atoms with E-state index in [0.29, 0.717) is 41.5 Å². The Bertz CT molecular complexity index is 1240. The summed E-state index contributed by atoms with van der Waals surface area (Å²) in [5.41, 5.74) is 1.87. The van der Waals surface area contributed by atoms with Crippen molar-refractivity contribution < 1.29 is 19.0 Å². The number of anilines is 1. The molecule has 1 saturated heterocycles. The smallest absolute Gasteiger partial charge is 0.246 e. The maximum absolute atomic E-state index is 14.5. The zero-order valence-electron chi connectivity index (χ0n) is 17.4. The van der Waals surface area contributed by atoms with Crippen LogP contribution in [0.5, 0.6) is 11.5 Å². The number of amides is 1. The van der Waals surface area contributed by atoms with Crippen LogP contribution in [0.25, 0.3) is 22.0 Å². The highest BCUT2D eigenvalue weighted by Gasteiger charge is 2.38. The summed E-state index contributed by atoms with van der Waals surface area (Å²) < 4.78 is 20.5. The van der Waals surface area contributed by atoms with Crippen molar-refractivity contribution in [2.75, 3.05) is 24.6 Å². The SMILES string of the molecule is C=CC(=O)N1C[C@@H]2COc3cnc4cc(-c5c(O)cccc5F)c(Cl)cc4c3N2C[C@@H]1C. The number of ether oxygens (including phenoxy) is 1. The quantitative estimate of drug-likeness (QED) is 0.583. The summed E-state index contributed by atoms with van der Waals surface area (Å²) in [6, 6.07) is 7.51. The van der Waals surface area contributed by atoms with Crippen molar-refractivity contribution in [3.8, 4) is 22.6 Å². The molecule has 1 N–H and O–H groups in total. The minimum absolute atomic E-state index is 0.0176. The fourth-order valence-corrected chi connectivity index (χ4v) is 4.88. The van der Waals surface area contributed by atoms with Gasteiger partial charge in [0.15, 0.2) is 5.75 Å². The van der Waals surface area contributed by atoms with E-state index in [9.17, 15) is 14.3 Å². The van der Waals surface area contributed by atoms with Crippen LogP contribution in [0, 0.1) is 5.82 Å². The van der Waals surface area contributed by atoms with Crippen LogP contribution in [0.15, 0.2) is 49.2 Å². The van der Waals surface area contributed by atoms with Gasteiger partial charge in [-0.25, -0.2) is 4.39 Å². The number of piperazine rings is 1. The van der Waals surface area contributed by atoms with E-state index in [1.165, 1.54) is 24.3 Å². The van der Waals surface area contributed by atoms with Gasteiger partial charge in [0, 0.05) is 35.1 Å². The zero-order chi connectivity index (χ0) is 22.6. The van der Waals surface area contributed by atoms with Gasteiger partial charge in [-0.05, 0) is 37.3 Å². The maximum atomic E-state index is 14.5. The van der Waals surface area contributed by atoms with Gasteiger partial charge < -0.3 is 19.6 Å². The zero-order valence-corrected chi connectivity index (χ0v) is 18.1. The van der Waals surface area contributed by atoms with Gasteiger partial charge in [0.05, 0.1) is 29.0 Å². The van der Waals surface area contributed by atoms with E-state index in [0.717, 1.165) is 11.1 Å². The largest absolute Gasteiger partial charge is 0.507 e. The van der Waals surface area contributed by atoms with Gasteiger partial charge in [0.1, 0.15) is 18.2 Å². The predicted molar refractivity (Wildman–Crippen MR) is 122 cm³/mol. The van der Waals surface area contributed by atoms with E-state index in [2.05, 4.69) is 16.5 Å². The van der Waals surface area contributed by atoms with Crippen LogP contribution in [0.4, 0.5) is 10.1 Å². The number of phenols is 1. The van der Waals surface area contributed by atoms with Crippen LogP contribution in [-0.2, 0) is 4.79 Å². The van der Waals surface area contributed by atoms with Crippen LogP contribution in [0.2, 0.25) is 5.02 Å². The molecule has 1 aromatic heterocycles. The van der Waals surface area contributed by atoms with Crippen molar-refractivity contribution in [1.29, 1.82) is 0 Å². The molecule has 0 unspecified atom stereocenters. The molecule has 0 aliphatic carbocycles. The first-order chi connectivity index (χ1) is 15.4. The summed E-state index contributed by atoms with van der Waals surface area (Å²) in [6.45, 7) is 7.17. The van der Waals surface area contributed by atoms with E-state index < -0.39 is 5.82 Å². The number of carbonyl (C=O) groups excluding carboxylic acids is 1. The highest BCUT2D eigenvalue weighted by atomic mass is 35.5. The maximum Gasteiger partial charge on any atom is 0.246 e. The van der Waals surface area contributed by atoms with E-state index >= 15 is 0 Å². The molecule has 2 aliphatic heterocycles. The monoisotopic (exact) mass is 453 g/mol. The standard InChI is InChI=1S/C24H21ClFN3O3/c1-3-22(31)28-11-14-12-32-21-9-27-19-8-15(23-18(26)5-4-6-20(23)30)17(25)7-16(19)24(21)29(14)10-13(28)2/h3-9,13-14,30H,1,10-12H2,2H3/t13-,14+/m0/s1. The minimum atomic E-state index is -0.565. The number of halogens is 2. The highest BCUT2D eigenvalue weighted by Crippen LogP contribution is 2.45. The third-order valence-electron chi connectivity index (χ3n) is 6.17. The Labute approximate surface area is 189 Å². The van der Waals surface area contributed by atoms with Crippen molar-refractivity contribution >= 4 is 34.1 Å². The summed E-state index contributed by atoms with van der Waals surface area (Å²) in [6.07, 6.45) is 2.99. The molecule has 1 fully saturated rings. The van der Waals surface area contributed by atoms with Crippen molar-refractivity contribution in [3.63, 3.8) is 0 Å². The van der Waals surface area contributed by atoms with Gasteiger partial charge in [-0.2, -0.15) is 0 Å². The fraction of sp³-hybridized carbons (Fsp3) is 0.250. The highest BCUT2D eigenvalue weighted by molar-refractivity contribution is 6.34. The van der Waals surface area contributed by atoms with Crippen molar-refractivity contribution in [2.45, 2.75) is 19.0 Å². The molecule has 0 radical (unpaired) electrons. The van der Waals surface area contributed by atoms with E-state index in [-0.39, 0.29) is 29.3 Å². The molecule has 32 heavy (non-hydrogen) atoms. The van der Waals surface area contributed by atoms with Gasteiger partial charge >= 0.3 is 0 Å². The summed E-state index contributed by atoms with van der Waals surface area (Å²) in [4.78, 5) is 20.8. The summed E-state index contributed by atoms with van der Waals surface area (Å²) in [5, 5.41) is 11.3. The lowest BCUT2D eigenvalue weighted by atomic mass is 9.99. The van der Waals surface area contributed by atoms with Crippen LogP contribution in [0.3, 0.4) is 0 Å². The molecule has 5 rings (SSSR count). The molecule has 0 bridgehead atoms. The van der Waals surface area contributed by atoms with E-state index in [1.54, 1.807) is 23.2 Å². The molecule has 2 aromatic carbocycles. The molecule has 3 aromatic rings. The number of hydrogen-bond acceptors (Lipinski definition) is 5. The summed E-state index contributed by atoms with van der Waals surface area (Å²) in [5.74, 6) is -0.212. The molecule has 2 atom stereocenters. The van der Waals surface area contributed by atoms with Crippen LogP contribution >= 0.6 is 11.6 Å². The lowest BCUT2D eigenvalue weighted by molar-refractivity contribution is -0.129. The first-order valence-corrected chi connectivity index (χ1v) is 10.7. The molecule has 6 nitrogen and oxygen atoms in total. The average molecular weight is 454 g/mol. The lowest BCUT2D eigenvalue weighted by Gasteiger charge is -2.48. The summed E-state index contributed by atoms with van der Waals surface area (Å²) >= 11 is 6.58. The van der Waals surface area contributed by atoms with Gasteiger partial charge in [-0.1, -0.05) is 24.2 Å². The number of aromatic hydroxyl groups is 1. The van der Waals surface area contributed by atoms with Crippen LogP contribution in [-0.4, -0.2) is 52.7 Å². The van der Waals surface area contributed by atoms with Crippen molar-refractivity contribution in [1.82, 2.24) is 9.88 Å². The first-order valence-electron chi connectivity index (χ1n) is 10.3. The average Bonchev–Trinajstić information content (AvgIpc) is 2.78. The molecule has 1 amide bonds. The van der Waals surface area contributed by atoms with Gasteiger partial charge in [-0.3, -0.25) is 9.78 Å². The Morgan fingerprint density at radius 3 is 2.94 bits per heavy atom. The van der Waals surface area contributed by atoms with Crippen LogP contribution < -0.4 is 9.64 Å². The molecule has 8 heteroatoms. The van der Waals surface area contributed by atoms with Gasteiger partial charge in [0.2, 0.25) is 5.91 Å². The number of carbonyl (C=O) groups is 1. The number of fused-ring (bicyclic) bond motifs is 5. The van der Waals surface area contributed by atoms with Gasteiger partial charge in [-0.15, -0.1) is 0 Å². The normalized spacial score (nSPS) is 19.8. The van der Waals surface area contributed by atoms with Crippen molar-refractivity contribution in [2.24, 2.45) is 0 Å². The van der Waals surface area contributed by atoms with Crippen LogP contribution in [0.1, 0.15) is 6.92 Å². The molecule has 0 saturated carbocycles. The second kappa shape index (κ2) is 7.67. The topological polar surface area (TPSA) is 65.9 Å². The van der Waals surface area contributed by atoms with Gasteiger partial charge in [0.25, 0.3) is 0 Å². The molecule has 0 spiro atoms. The second-order valence-electron chi connectivity index (χ2n) is 8.12. The first kappa shape index (κ1) is 20.6. The Balaban J connectivity index is 1.63. The lowest BCUT2D eigenvalue weighted by Crippen LogP contribution is -2.61. The second-order valence-corrected chi connectivity index (χ2v) is 8.52. The number of rotatable bonds is 2. The van der Waals surface area contributed by atoms with Crippen molar-refractivity contribution in [3.05, 3.63) is 60.0 Å². The third kappa shape index (κ3) is 3.15. The number of pyridine rings is 1. The third-order valence-corrected chi connectivity index (χ3v) is 6.49. The molecule has 2 aliphatic rings. The molecular formula is C24H21ClFN3O3. The number of benzene rings is 2. The number of hydrogen-bond donors (Lipinski definition) is 1. The summed E-state index contributed by atoms with van der Waals surface area (Å²) in [7, 11) is 0. The molecular weight excluding hydrogens is 433 g/mol. The Hall–Kier alpha value is -3.32. The fourth-order valence-electron chi connectivity index (χ4n) is 4.62. The number of phenolic OH excluding ortho intramolecular Hbond substituents is 1. The number of nitrogens with zero attached hydrogens (tertiary/aromatic N) is 3. The molecule has 164 valence electrons. The Morgan fingerprint density at radius 1 is 1.38 bits per heavy atom. The predicted octanol–water partition coefficient (Wildman–Crippen LogP) is 4.38. The van der Waals surface area contributed by atoms with E-state index in [4.69, 9.17) is 16.3 Å². The van der Waals surface area contributed by atoms with E-state index in [1.807, 2.05) is 6.92 Å². The molecule has 3 heterocycles. The Kier molecular flexibility index (Phi) is 4.93. The number of aromatic nitrogens is 1. The minimum Gasteiger partial charge on any atom is -0.507 e. The Morgan fingerprint density at radius 2 is 2.19 bits per heavy atom.